The highest BCUT2D eigenvalue weighted by Gasteiger charge is 2.39. The van der Waals surface area contributed by atoms with E-state index in [2.05, 4.69) is 6.92 Å². The van der Waals surface area contributed by atoms with Crippen molar-refractivity contribution in [3.8, 4) is 0 Å². The van der Waals surface area contributed by atoms with Crippen LogP contribution in [0.2, 0.25) is 0 Å². The van der Waals surface area contributed by atoms with E-state index in [0.29, 0.717) is 12.0 Å². The third-order valence-electron chi connectivity index (χ3n) is 10.0. The van der Waals surface area contributed by atoms with Crippen LogP contribution >= 0.6 is 0 Å². The number of hydrogen-bond donors (Lipinski definition) is 3. The third kappa shape index (κ3) is 14.2. The summed E-state index contributed by atoms with van der Waals surface area (Å²) in [5, 5.41) is 31.5. The van der Waals surface area contributed by atoms with Crippen LogP contribution in [0.15, 0.2) is 11.6 Å². The predicted molar refractivity (Wildman–Crippen MR) is 175 cm³/mol. The topological polar surface area (TPSA) is 105 Å². The van der Waals surface area contributed by atoms with Gasteiger partial charge < -0.3 is 29.5 Å². The summed E-state index contributed by atoms with van der Waals surface area (Å²) in [6.07, 6.45) is 26.0. The molecule has 3 aliphatic rings. The van der Waals surface area contributed by atoms with Gasteiger partial charge >= 0.3 is 5.97 Å². The van der Waals surface area contributed by atoms with Crippen molar-refractivity contribution >= 4 is 5.97 Å². The standard InChI is InChI=1S/C37H66O7/c1-3-4-5-6-7-12-15-18-21-33-32(40)22-23-35(43-33)36-25-24-34(44-36)31(39)20-17-14-11-9-8-10-13-16-19-30(38)27-29-26-28(2)42-37(29)41/h26,28,30-36,38-40H,3-25,27H2,1-2H3/t28-,30+,31+,32+,33-,34+,35-,36-/m0/s1. The first kappa shape index (κ1) is 37.5. The largest absolute Gasteiger partial charge is 0.455 e. The van der Waals surface area contributed by atoms with Crippen LogP contribution in [0.25, 0.3) is 0 Å². The molecule has 0 saturated carbocycles. The fraction of sp³-hybridized carbons (Fsp3) is 0.919. The van der Waals surface area contributed by atoms with Crippen LogP contribution < -0.4 is 0 Å². The summed E-state index contributed by atoms with van der Waals surface area (Å²) in [4.78, 5) is 11.7. The predicted octanol–water partition coefficient (Wildman–Crippen LogP) is 7.86. The van der Waals surface area contributed by atoms with E-state index in [0.717, 1.165) is 77.0 Å². The Morgan fingerprint density at radius 1 is 0.750 bits per heavy atom. The van der Waals surface area contributed by atoms with Crippen LogP contribution in [-0.4, -0.2) is 70.1 Å². The zero-order chi connectivity index (χ0) is 31.6. The van der Waals surface area contributed by atoms with Gasteiger partial charge in [0.05, 0.1) is 42.7 Å². The second-order valence-electron chi connectivity index (χ2n) is 14.0. The summed E-state index contributed by atoms with van der Waals surface area (Å²) in [6, 6.07) is 0. The van der Waals surface area contributed by atoms with Crippen LogP contribution in [0.3, 0.4) is 0 Å². The van der Waals surface area contributed by atoms with Crippen molar-refractivity contribution in [3.63, 3.8) is 0 Å². The fourth-order valence-electron chi connectivity index (χ4n) is 7.28. The first-order chi connectivity index (χ1) is 21.4. The van der Waals surface area contributed by atoms with E-state index in [9.17, 15) is 20.1 Å². The van der Waals surface area contributed by atoms with Crippen molar-refractivity contribution in [2.75, 3.05) is 0 Å². The summed E-state index contributed by atoms with van der Waals surface area (Å²) in [7, 11) is 0. The van der Waals surface area contributed by atoms with E-state index in [1.54, 1.807) is 0 Å². The van der Waals surface area contributed by atoms with Crippen LogP contribution in [0.5, 0.6) is 0 Å². The Balaban J connectivity index is 1.16. The molecule has 0 bridgehead atoms. The minimum atomic E-state index is -0.464. The molecule has 7 heteroatoms. The van der Waals surface area contributed by atoms with E-state index in [-0.39, 0.29) is 42.6 Å². The highest BCUT2D eigenvalue weighted by atomic mass is 16.6. The minimum Gasteiger partial charge on any atom is -0.455 e. The minimum absolute atomic E-state index is 0.0457. The van der Waals surface area contributed by atoms with E-state index < -0.39 is 12.2 Å². The lowest BCUT2D eigenvalue weighted by atomic mass is 9.93. The third-order valence-corrected chi connectivity index (χ3v) is 10.0. The Kier molecular flexibility index (Phi) is 18.5. The molecule has 256 valence electrons. The Morgan fingerprint density at radius 3 is 1.95 bits per heavy atom. The summed E-state index contributed by atoms with van der Waals surface area (Å²) in [5.41, 5.74) is 0.617. The van der Waals surface area contributed by atoms with Crippen LogP contribution in [0, 0.1) is 0 Å². The van der Waals surface area contributed by atoms with Crippen molar-refractivity contribution in [2.45, 2.75) is 217 Å². The number of aliphatic hydroxyl groups excluding tert-OH is 3. The van der Waals surface area contributed by atoms with Gasteiger partial charge in [0.25, 0.3) is 0 Å². The normalized spacial score (nSPS) is 28.7. The molecule has 0 aromatic carbocycles. The number of carbonyl (C=O) groups is 1. The number of unbranched alkanes of at least 4 members (excludes halogenated alkanes) is 14. The van der Waals surface area contributed by atoms with Crippen molar-refractivity contribution in [3.05, 3.63) is 11.6 Å². The second kappa shape index (κ2) is 21.7. The smallest absolute Gasteiger partial charge is 0.334 e. The lowest BCUT2D eigenvalue weighted by Gasteiger charge is -2.37. The molecule has 0 unspecified atom stereocenters. The Bertz CT molecular complexity index is 801. The average molecular weight is 623 g/mol. The molecule has 0 spiro atoms. The summed E-state index contributed by atoms with van der Waals surface area (Å²) >= 11 is 0. The van der Waals surface area contributed by atoms with E-state index in [1.165, 1.54) is 70.6 Å². The number of esters is 1. The van der Waals surface area contributed by atoms with Crippen LogP contribution in [0.1, 0.15) is 168 Å². The van der Waals surface area contributed by atoms with Gasteiger partial charge in [-0.1, -0.05) is 110 Å². The molecule has 3 rings (SSSR count). The Morgan fingerprint density at radius 2 is 1.32 bits per heavy atom. The molecule has 7 nitrogen and oxygen atoms in total. The molecule has 2 fully saturated rings. The van der Waals surface area contributed by atoms with Crippen molar-refractivity contribution < 1.29 is 34.3 Å². The van der Waals surface area contributed by atoms with Gasteiger partial charge in [-0.2, -0.15) is 0 Å². The molecule has 3 N–H and O–H groups in total. The van der Waals surface area contributed by atoms with E-state index in [4.69, 9.17) is 14.2 Å². The van der Waals surface area contributed by atoms with Gasteiger partial charge in [0.1, 0.15) is 6.10 Å². The monoisotopic (exact) mass is 622 g/mol. The van der Waals surface area contributed by atoms with Crippen LogP contribution in [-0.2, 0) is 19.0 Å². The highest BCUT2D eigenvalue weighted by Crippen LogP contribution is 2.34. The maximum atomic E-state index is 11.7. The summed E-state index contributed by atoms with van der Waals surface area (Å²) < 4.78 is 17.8. The van der Waals surface area contributed by atoms with Crippen LogP contribution in [0.4, 0.5) is 0 Å². The van der Waals surface area contributed by atoms with Gasteiger partial charge in [0.2, 0.25) is 0 Å². The molecule has 2 saturated heterocycles. The molecule has 44 heavy (non-hydrogen) atoms. The quantitative estimate of drug-likeness (QED) is 0.0743. The second-order valence-corrected chi connectivity index (χ2v) is 14.0. The summed E-state index contributed by atoms with van der Waals surface area (Å²) in [6.45, 7) is 4.10. The molecular weight excluding hydrogens is 556 g/mol. The molecule has 0 radical (unpaired) electrons. The van der Waals surface area contributed by atoms with Gasteiger partial charge in [-0.25, -0.2) is 4.79 Å². The van der Waals surface area contributed by atoms with E-state index >= 15 is 0 Å². The zero-order valence-electron chi connectivity index (χ0n) is 28.1. The highest BCUT2D eigenvalue weighted by molar-refractivity contribution is 5.90. The number of hydrogen-bond acceptors (Lipinski definition) is 7. The maximum absolute atomic E-state index is 11.7. The molecule has 3 heterocycles. The molecule has 0 amide bonds. The van der Waals surface area contributed by atoms with Crippen molar-refractivity contribution in [2.24, 2.45) is 0 Å². The molecule has 3 aliphatic heterocycles. The van der Waals surface area contributed by atoms with Gasteiger partial charge in [-0.05, 0) is 57.9 Å². The SMILES string of the molecule is CCCCCCCCCC[C@@H]1O[C@H]([C@@H]2CC[C@H]([C@H](O)CCCCCCCCCC[C@@H](O)CC3=C[C@H](C)OC3=O)O2)CC[C@H]1O. The number of rotatable bonds is 24. The zero-order valence-corrected chi connectivity index (χ0v) is 28.1. The fourth-order valence-corrected chi connectivity index (χ4v) is 7.28. The van der Waals surface area contributed by atoms with Crippen molar-refractivity contribution in [1.29, 1.82) is 0 Å². The van der Waals surface area contributed by atoms with Crippen molar-refractivity contribution in [1.82, 2.24) is 0 Å². The number of carbonyl (C=O) groups excluding carboxylic acids is 1. The lowest BCUT2D eigenvalue weighted by Crippen LogP contribution is -2.44. The van der Waals surface area contributed by atoms with Gasteiger partial charge in [-0.3, -0.25) is 0 Å². The molecule has 0 aromatic rings. The lowest BCUT2D eigenvalue weighted by molar-refractivity contribution is -0.168. The average Bonchev–Trinajstić information content (AvgIpc) is 3.62. The first-order valence-corrected chi connectivity index (χ1v) is 18.6. The van der Waals surface area contributed by atoms with Gasteiger partial charge in [0.15, 0.2) is 0 Å². The Hall–Kier alpha value is -0.990. The van der Waals surface area contributed by atoms with E-state index in [1.807, 2.05) is 13.0 Å². The molecular formula is C37H66O7. The number of cyclic esters (lactones) is 1. The number of ether oxygens (including phenoxy) is 3. The molecule has 8 atom stereocenters. The maximum Gasteiger partial charge on any atom is 0.334 e. The number of aliphatic hydroxyl groups is 3. The first-order valence-electron chi connectivity index (χ1n) is 18.6. The molecule has 0 aromatic heterocycles. The summed E-state index contributed by atoms with van der Waals surface area (Å²) in [5.74, 6) is -0.280. The molecule has 0 aliphatic carbocycles. The van der Waals surface area contributed by atoms with Gasteiger partial charge in [-0.15, -0.1) is 0 Å². The Labute approximate surface area is 268 Å². The van der Waals surface area contributed by atoms with Gasteiger partial charge in [0, 0.05) is 12.0 Å².